The summed E-state index contributed by atoms with van der Waals surface area (Å²) < 4.78 is 11.5. The molecule has 8 heteroatoms. The number of amides is 1. The minimum atomic E-state index is -0.299. The number of pyridine rings is 1. The fourth-order valence-corrected chi connectivity index (χ4v) is 3.61. The number of anilines is 1. The Kier molecular flexibility index (Phi) is 5.69. The summed E-state index contributed by atoms with van der Waals surface area (Å²) >= 11 is 12.3. The van der Waals surface area contributed by atoms with Crippen molar-refractivity contribution < 1.29 is 13.6 Å². The molecule has 0 saturated carbocycles. The lowest BCUT2D eigenvalue weighted by Gasteiger charge is -2.03. The topological polar surface area (TPSA) is 81.2 Å². The van der Waals surface area contributed by atoms with Crippen LogP contribution in [0.15, 0.2) is 87.8 Å². The van der Waals surface area contributed by atoms with Crippen LogP contribution >= 0.6 is 23.2 Å². The van der Waals surface area contributed by atoms with Crippen molar-refractivity contribution in [2.45, 2.75) is 0 Å². The minimum Gasteiger partial charge on any atom is -0.457 e. The summed E-state index contributed by atoms with van der Waals surface area (Å²) in [7, 11) is 0. The van der Waals surface area contributed by atoms with Gasteiger partial charge in [-0.05, 0) is 66.7 Å². The molecule has 0 unspecified atom stereocenters. The molecule has 2 aromatic carbocycles. The van der Waals surface area contributed by atoms with E-state index in [1.807, 2.05) is 24.3 Å². The van der Waals surface area contributed by atoms with Crippen molar-refractivity contribution in [3.8, 4) is 22.8 Å². The van der Waals surface area contributed by atoms with Crippen LogP contribution in [0.5, 0.6) is 0 Å². The van der Waals surface area contributed by atoms with Gasteiger partial charge in [0, 0.05) is 29.1 Å². The number of halogens is 2. The Hall–Kier alpha value is -3.87. The van der Waals surface area contributed by atoms with Crippen LogP contribution in [0.2, 0.25) is 10.0 Å². The molecule has 3 heterocycles. The smallest absolute Gasteiger partial charge is 0.248 e. The number of benzene rings is 2. The third-order valence-electron chi connectivity index (χ3n) is 4.81. The Morgan fingerprint density at radius 2 is 1.79 bits per heavy atom. The highest BCUT2D eigenvalue weighted by Gasteiger charge is 2.11. The van der Waals surface area contributed by atoms with E-state index in [9.17, 15) is 4.79 Å². The predicted molar refractivity (Wildman–Crippen MR) is 129 cm³/mol. The summed E-state index contributed by atoms with van der Waals surface area (Å²) in [6, 6.07) is 19.6. The molecule has 162 valence electrons. The summed E-state index contributed by atoms with van der Waals surface area (Å²) in [5.74, 6) is 1.24. The van der Waals surface area contributed by atoms with Crippen molar-refractivity contribution in [2.24, 2.45) is 0 Å². The van der Waals surface area contributed by atoms with E-state index >= 15 is 0 Å². The second kappa shape index (κ2) is 8.94. The number of hydrogen-bond acceptors (Lipinski definition) is 5. The van der Waals surface area contributed by atoms with E-state index in [1.54, 1.807) is 54.7 Å². The number of fused-ring (bicyclic) bond motifs is 1. The summed E-state index contributed by atoms with van der Waals surface area (Å²) in [6.07, 6.45) is 4.64. The lowest BCUT2D eigenvalue weighted by molar-refractivity contribution is -0.111. The quantitative estimate of drug-likeness (QED) is 0.274. The van der Waals surface area contributed by atoms with Gasteiger partial charge in [-0.25, -0.2) is 4.98 Å². The maximum Gasteiger partial charge on any atom is 0.248 e. The van der Waals surface area contributed by atoms with Crippen LogP contribution in [0.4, 0.5) is 5.69 Å². The number of carbonyl (C=O) groups excluding carboxylic acids is 1. The Balaban J connectivity index is 1.25. The van der Waals surface area contributed by atoms with Crippen molar-refractivity contribution in [1.29, 1.82) is 0 Å². The van der Waals surface area contributed by atoms with Crippen molar-refractivity contribution >= 4 is 52.1 Å². The maximum absolute atomic E-state index is 12.3. The van der Waals surface area contributed by atoms with Crippen LogP contribution in [-0.4, -0.2) is 15.9 Å². The molecule has 5 aromatic rings. The second-order valence-corrected chi connectivity index (χ2v) is 7.83. The van der Waals surface area contributed by atoms with E-state index in [1.165, 1.54) is 6.08 Å². The first-order valence-electron chi connectivity index (χ1n) is 9.92. The lowest BCUT2D eigenvalue weighted by atomic mass is 10.2. The molecule has 0 bridgehead atoms. The van der Waals surface area contributed by atoms with Gasteiger partial charge in [0.25, 0.3) is 0 Å². The Bertz CT molecular complexity index is 1450. The number of aromatic nitrogens is 2. The molecule has 1 amide bonds. The molecule has 0 saturated heterocycles. The van der Waals surface area contributed by atoms with Crippen molar-refractivity contribution in [3.63, 3.8) is 0 Å². The van der Waals surface area contributed by atoms with Gasteiger partial charge in [-0.1, -0.05) is 29.3 Å². The van der Waals surface area contributed by atoms with Crippen molar-refractivity contribution in [1.82, 2.24) is 9.97 Å². The fraction of sp³-hybridized carbons (Fsp3) is 0. The number of rotatable bonds is 5. The van der Waals surface area contributed by atoms with Crippen molar-refractivity contribution in [3.05, 3.63) is 94.8 Å². The molecule has 0 radical (unpaired) electrons. The van der Waals surface area contributed by atoms with Gasteiger partial charge in [-0.15, -0.1) is 0 Å². The number of hydrogen-bond donors (Lipinski definition) is 1. The molecule has 0 atom stereocenters. The fourth-order valence-electron chi connectivity index (χ4n) is 3.21. The predicted octanol–water partition coefficient (Wildman–Crippen LogP) is 7.11. The highest BCUT2D eigenvalue weighted by atomic mass is 35.5. The van der Waals surface area contributed by atoms with Gasteiger partial charge < -0.3 is 14.2 Å². The zero-order valence-electron chi connectivity index (χ0n) is 17.0. The van der Waals surface area contributed by atoms with Gasteiger partial charge in [0.2, 0.25) is 11.8 Å². The van der Waals surface area contributed by atoms with Crippen molar-refractivity contribution in [2.75, 3.05) is 5.32 Å². The molecular weight excluding hydrogens is 461 g/mol. The molecule has 3 aromatic heterocycles. The van der Waals surface area contributed by atoms with E-state index in [4.69, 9.17) is 32.0 Å². The minimum absolute atomic E-state index is 0.299. The van der Waals surface area contributed by atoms with Gasteiger partial charge in [0.05, 0.1) is 10.0 Å². The number of oxazole rings is 1. The van der Waals surface area contributed by atoms with E-state index in [2.05, 4.69) is 15.3 Å². The first kappa shape index (κ1) is 21.0. The van der Waals surface area contributed by atoms with E-state index in [0.717, 1.165) is 5.56 Å². The molecule has 0 aliphatic heterocycles. The molecule has 0 aliphatic rings. The lowest BCUT2D eigenvalue weighted by Crippen LogP contribution is -2.07. The Morgan fingerprint density at radius 1 is 0.939 bits per heavy atom. The third kappa shape index (κ3) is 4.53. The summed E-state index contributed by atoms with van der Waals surface area (Å²) in [4.78, 5) is 20.9. The molecule has 0 aliphatic carbocycles. The third-order valence-corrected chi connectivity index (χ3v) is 5.63. The number of furan rings is 1. The van der Waals surface area contributed by atoms with E-state index < -0.39 is 0 Å². The second-order valence-electron chi connectivity index (χ2n) is 7.05. The molecule has 1 N–H and O–H groups in total. The highest BCUT2D eigenvalue weighted by Crippen LogP contribution is 2.34. The van der Waals surface area contributed by atoms with Crippen LogP contribution in [0, 0.1) is 0 Å². The highest BCUT2D eigenvalue weighted by molar-refractivity contribution is 6.43. The van der Waals surface area contributed by atoms with E-state index in [-0.39, 0.29) is 5.91 Å². The van der Waals surface area contributed by atoms with Gasteiger partial charge in [0.1, 0.15) is 11.5 Å². The SMILES string of the molecule is O=C(C=Cc1ccc(-c2cccc(Cl)c2Cl)o1)Nc1ccc(-c2nc3ncccc3o2)cc1. The number of carbonyl (C=O) groups is 1. The van der Waals surface area contributed by atoms with Crippen LogP contribution in [0.25, 0.3) is 40.1 Å². The summed E-state index contributed by atoms with van der Waals surface area (Å²) in [5, 5.41) is 3.66. The van der Waals surface area contributed by atoms with Crippen LogP contribution in [0.3, 0.4) is 0 Å². The molecule has 33 heavy (non-hydrogen) atoms. The van der Waals surface area contributed by atoms with Gasteiger partial charge in [0.15, 0.2) is 11.2 Å². The van der Waals surface area contributed by atoms with Gasteiger partial charge in [-0.2, -0.15) is 4.98 Å². The largest absolute Gasteiger partial charge is 0.457 e. The van der Waals surface area contributed by atoms with Gasteiger partial charge in [-0.3, -0.25) is 4.79 Å². The molecule has 5 rings (SSSR count). The standard InChI is InChI=1S/C25H15Cl2N3O3/c26-19-4-1-3-18(23(19)27)20-12-10-17(32-20)11-13-22(31)29-16-8-6-15(7-9-16)25-30-24-21(33-25)5-2-14-28-24/h1-14H,(H,29,31). The zero-order chi connectivity index (χ0) is 22.8. The van der Waals surface area contributed by atoms with Gasteiger partial charge >= 0.3 is 0 Å². The monoisotopic (exact) mass is 475 g/mol. The zero-order valence-corrected chi connectivity index (χ0v) is 18.5. The molecule has 0 fully saturated rings. The van der Waals surface area contributed by atoms with E-state index in [0.29, 0.717) is 49.9 Å². The Morgan fingerprint density at radius 3 is 2.61 bits per heavy atom. The average molecular weight is 476 g/mol. The first-order chi connectivity index (χ1) is 16.1. The molecule has 0 spiro atoms. The van der Waals surface area contributed by atoms with Crippen LogP contribution in [0.1, 0.15) is 5.76 Å². The maximum atomic E-state index is 12.3. The normalized spacial score (nSPS) is 11.3. The molecular formula is C25H15Cl2N3O3. The van der Waals surface area contributed by atoms with Crippen LogP contribution in [-0.2, 0) is 4.79 Å². The number of nitrogens with zero attached hydrogens (tertiary/aromatic N) is 2. The Labute approximate surface area is 198 Å². The molecule has 6 nitrogen and oxygen atoms in total. The summed E-state index contributed by atoms with van der Waals surface area (Å²) in [5.41, 5.74) is 3.27. The summed E-state index contributed by atoms with van der Waals surface area (Å²) in [6.45, 7) is 0. The first-order valence-corrected chi connectivity index (χ1v) is 10.7. The average Bonchev–Trinajstić information content (AvgIpc) is 3.47. The number of nitrogens with one attached hydrogen (secondary N) is 1. The van der Waals surface area contributed by atoms with Crippen LogP contribution < -0.4 is 5.32 Å².